The monoisotopic (exact) mass is 1230 g/mol. The van der Waals surface area contributed by atoms with Crippen LogP contribution in [-0.4, -0.2) is 70.0 Å². The predicted octanol–water partition coefficient (Wildman–Crippen LogP) is 23.8. The van der Waals surface area contributed by atoms with Crippen LogP contribution in [0.1, 0.15) is 373 Å². The van der Waals surface area contributed by atoms with Gasteiger partial charge in [-0.3, -0.25) is 14.2 Å². The van der Waals surface area contributed by atoms with E-state index in [1.165, 1.54) is 289 Å². The first-order valence-corrected chi connectivity index (χ1v) is 38.8. The molecule has 9 nitrogen and oxygen atoms in total. The third-order valence-corrected chi connectivity index (χ3v) is 17.8. The second-order valence-corrected chi connectivity index (χ2v) is 28.1. The molecule has 506 valence electrons. The Labute approximate surface area is 534 Å². The number of phosphoric acid groups is 1. The number of likely N-dealkylation sites (N-methyl/N-ethyl adjacent to an activating group) is 1. The van der Waals surface area contributed by atoms with Gasteiger partial charge in [0.2, 0.25) is 0 Å². The van der Waals surface area contributed by atoms with E-state index in [1.807, 2.05) is 21.1 Å². The van der Waals surface area contributed by atoms with E-state index in [4.69, 9.17) is 18.5 Å². The number of esters is 2. The van der Waals surface area contributed by atoms with Gasteiger partial charge in [0, 0.05) is 12.8 Å². The van der Waals surface area contributed by atoms with Crippen molar-refractivity contribution in [2.24, 2.45) is 0 Å². The molecule has 2 atom stereocenters. The van der Waals surface area contributed by atoms with E-state index in [2.05, 4.69) is 62.5 Å². The standard InChI is InChI=1S/C76H144NO8P/c1-6-8-10-12-14-16-18-20-22-24-26-28-30-32-34-35-36-37-38-39-40-41-43-44-46-48-50-52-54-56-58-60-62-64-66-68-75(78)82-72-74(73-84-86(80,81)83-71-70-77(3,4)5)85-76(79)69-67-65-63-61-59-57-55-53-51-49-47-45-42-33-31-29-27-25-23-21-19-17-15-13-11-9-7-2/h19,21,24-27,31,33,74H,6-18,20,22-23,28-30,32,34-73H2,1-5H3/b21-19-,26-24-,27-25-,33-31-. The van der Waals surface area contributed by atoms with Crippen LogP contribution in [0.3, 0.4) is 0 Å². The number of phosphoric ester groups is 1. The SMILES string of the molecule is CCCCCCC/C=C\C/C=C\C/C=C\CCCCCCCCCCCCCCC(=O)OC(COC(=O)CCCCCCCCCCCCCCCCCCCCCCCCC/C=C\CCCCCCCCCC)COP(=O)([O-])OCC[N+](C)(C)C. The summed E-state index contributed by atoms with van der Waals surface area (Å²) in [4.78, 5) is 38.1. The van der Waals surface area contributed by atoms with Gasteiger partial charge in [-0.05, 0) is 77.0 Å². The van der Waals surface area contributed by atoms with Gasteiger partial charge in [-0.15, -0.1) is 0 Å². The topological polar surface area (TPSA) is 111 Å². The molecule has 0 saturated heterocycles. The quantitative estimate of drug-likeness (QED) is 0.0195. The third kappa shape index (κ3) is 71.1. The molecule has 0 aromatic carbocycles. The van der Waals surface area contributed by atoms with Gasteiger partial charge in [0.1, 0.15) is 19.8 Å². The Kier molecular flexibility index (Phi) is 65.8. The molecule has 86 heavy (non-hydrogen) atoms. The Morgan fingerprint density at radius 3 is 0.942 bits per heavy atom. The van der Waals surface area contributed by atoms with Crippen LogP contribution in [-0.2, 0) is 32.7 Å². The zero-order valence-corrected chi connectivity index (χ0v) is 58.7. The molecule has 0 heterocycles. The molecular weight excluding hydrogens is 1090 g/mol. The van der Waals surface area contributed by atoms with Gasteiger partial charge in [0.25, 0.3) is 7.82 Å². The van der Waals surface area contributed by atoms with Crippen LogP contribution >= 0.6 is 7.82 Å². The summed E-state index contributed by atoms with van der Waals surface area (Å²) in [6.45, 7) is 4.29. The van der Waals surface area contributed by atoms with Crippen LogP contribution in [0.4, 0.5) is 0 Å². The summed E-state index contributed by atoms with van der Waals surface area (Å²) in [5.74, 6) is -0.817. The van der Waals surface area contributed by atoms with Crippen molar-refractivity contribution in [2.75, 3.05) is 47.5 Å². The number of allylic oxidation sites excluding steroid dienone is 8. The van der Waals surface area contributed by atoms with Crippen LogP contribution in [0.25, 0.3) is 0 Å². The van der Waals surface area contributed by atoms with Gasteiger partial charge < -0.3 is 27.9 Å². The zero-order chi connectivity index (χ0) is 62.6. The summed E-state index contributed by atoms with van der Waals surface area (Å²) in [7, 11) is 1.18. The molecule has 0 aromatic heterocycles. The Hall–Kier alpha value is -2.03. The van der Waals surface area contributed by atoms with E-state index in [-0.39, 0.29) is 32.0 Å². The number of quaternary nitrogens is 1. The lowest BCUT2D eigenvalue weighted by Crippen LogP contribution is -2.37. The highest BCUT2D eigenvalue weighted by Crippen LogP contribution is 2.38. The van der Waals surface area contributed by atoms with Crippen LogP contribution in [0.2, 0.25) is 0 Å². The van der Waals surface area contributed by atoms with Crippen LogP contribution in [0, 0.1) is 0 Å². The van der Waals surface area contributed by atoms with E-state index in [1.54, 1.807) is 0 Å². The highest BCUT2D eigenvalue weighted by Gasteiger charge is 2.22. The minimum atomic E-state index is -4.64. The van der Waals surface area contributed by atoms with Crippen molar-refractivity contribution < 1.29 is 42.1 Å². The lowest BCUT2D eigenvalue weighted by molar-refractivity contribution is -0.870. The number of ether oxygens (including phenoxy) is 2. The van der Waals surface area contributed by atoms with Crippen LogP contribution in [0.5, 0.6) is 0 Å². The van der Waals surface area contributed by atoms with Crippen molar-refractivity contribution in [1.29, 1.82) is 0 Å². The largest absolute Gasteiger partial charge is 0.756 e. The van der Waals surface area contributed by atoms with E-state index in [0.717, 1.165) is 51.4 Å². The number of hydrogen-bond donors (Lipinski definition) is 0. The fourth-order valence-electron chi connectivity index (χ4n) is 11.1. The molecule has 0 aromatic rings. The number of rotatable bonds is 70. The van der Waals surface area contributed by atoms with Crippen LogP contribution in [0.15, 0.2) is 48.6 Å². The minimum Gasteiger partial charge on any atom is -0.756 e. The third-order valence-electron chi connectivity index (χ3n) is 16.8. The van der Waals surface area contributed by atoms with Crippen LogP contribution < -0.4 is 4.89 Å². The molecule has 0 N–H and O–H groups in total. The average molecular weight is 1230 g/mol. The molecule has 0 rings (SSSR count). The summed E-state index contributed by atoms with van der Waals surface area (Å²) in [6, 6.07) is 0. The first-order valence-electron chi connectivity index (χ1n) is 37.3. The number of hydrogen-bond acceptors (Lipinski definition) is 8. The van der Waals surface area contributed by atoms with Crippen molar-refractivity contribution in [2.45, 2.75) is 380 Å². The molecule has 2 unspecified atom stereocenters. The number of carbonyl (C=O) groups excluding carboxylic acids is 2. The number of unbranched alkanes of at least 4 members (excludes halogenated alkanes) is 48. The maximum absolute atomic E-state index is 12.9. The molecule has 0 aliphatic heterocycles. The average Bonchev–Trinajstić information content (AvgIpc) is 3.53. The van der Waals surface area contributed by atoms with Gasteiger partial charge in [0.05, 0.1) is 27.7 Å². The summed E-state index contributed by atoms with van der Waals surface area (Å²) >= 11 is 0. The predicted molar refractivity (Wildman–Crippen MR) is 370 cm³/mol. The lowest BCUT2D eigenvalue weighted by atomic mass is 10.0. The van der Waals surface area contributed by atoms with E-state index >= 15 is 0 Å². The van der Waals surface area contributed by atoms with Gasteiger partial charge >= 0.3 is 11.9 Å². The van der Waals surface area contributed by atoms with Gasteiger partial charge in [-0.2, -0.15) is 0 Å². The van der Waals surface area contributed by atoms with Crippen molar-refractivity contribution in [3.8, 4) is 0 Å². The molecule has 0 bridgehead atoms. The Morgan fingerprint density at radius 2 is 0.628 bits per heavy atom. The summed E-state index contributed by atoms with van der Waals surface area (Å²) < 4.78 is 34.4. The Bertz CT molecular complexity index is 1590. The molecule has 0 radical (unpaired) electrons. The molecular formula is C76H144NO8P. The zero-order valence-electron chi connectivity index (χ0n) is 57.8. The summed E-state index contributed by atoms with van der Waals surface area (Å²) in [5.41, 5.74) is 0. The minimum absolute atomic E-state index is 0.0299. The molecule has 10 heteroatoms. The van der Waals surface area contributed by atoms with E-state index < -0.39 is 26.5 Å². The van der Waals surface area contributed by atoms with E-state index in [9.17, 15) is 19.0 Å². The second kappa shape index (κ2) is 67.4. The number of carbonyl (C=O) groups is 2. The highest BCUT2D eigenvalue weighted by molar-refractivity contribution is 7.45. The molecule has 0 saturated carbocycles. The fraction of sp³-hybridized carbons (Fsp3) is 0.868. The Morgan fingerprint density at radius 1 is 0.360 bits per heavy atom. The fourth-order valence-corrected chi connectivity index (χ4v) is 11.8. The second-order valence-electron chi connectivity index (χ2n) is 26.7. The molecule has 0 aliphatic rings. The maximum Gasteiger partial charge on any atom is 0.306 e. The Balaban J connectivity index is 3.96. The van der Waals surface area contributed by atoms with Gasteiger partial charge in [-0.1, -0.05) is 332 Å². The van der Waals surface area contributed by atoms with Crippen molar-refractivity contribution >= 4 is 19.8 Å². The van der Waals surface area contributed by atoms with Gasteiger partial charge in [0.15, 0.2) is 6.10 Å². The lowest BCUT2D eigenvalue weighted by Gasteiger charge is -2.28. The first kappa shape index (κ1) is 84.0. The maximum atomic E-state index is 12.9. The molecule has 0 spiro atoms. The first-order chi connectivity index (χ1) is 42.0. The summed E-state index contributed by atoms with van der Waals surface area (Å²) in [5, 5.41) is 0. The van der Waals surface area contributed by atoms with E-state index in [0.29, 0.717) is 17.4 Å². The van der Waals surface area contributed by atoms with Crippen molar-refractivity contribution in [3.63, 3.8) is 0 Å². The molecule has 0 aliphatic carbocycles. The van der Waals surface area contributed by atoms with Crippen molar-refractivity contribution in [1.82, 2.24) is 0 Å². The summed E-state index contributed by atoms with van der Waals surface area (Å²) in [6.07, 6.45) is 87.9. The normalized spacial score (nSPS) is 13.3. The molecule has 0 amide bonds. The van der Waals surface area contributed by atoms with Crippen molar-refractivity contribution in [3.05, 3.63) is 48.6 Å². The highest BCUT2D eigenvalue weighted by atomic mass is 31.2. The van der Waals surface area contributed by atoms with Gasteiger partial charge in [-0.25, -0.2) is 0 Å². The number of nitrogens with zero attached hydrogens (tertiary/aromatic N) is 1. The smallest absolute Gasteiger partial charge is 0.306 e. The molecule has 0 fully saturated rings.